The van der Waals surface area contributed by atoms with E-state index >= 15 is 0 Å². The summed E-state index contributed by atoms with van der Waals surface area (Å²) in [6, 6.07) is -0.719. The molecule has 4 fully saturated rings. The van der Waals surface area contributed by atoms with Crippen LogP contribution >= 0.6 is 0 Å². The summed E-state index contributed by atoms with van der Waals surface area (Å²) in [4.78, 5) is 24.2. The normalized spacial score (nSPS) is 41.8. The fourth-order valence-corrected chi connectivity index (χ4v) is 5.84. The first kappa shape index (κ1) is 14.9. The van der Waals surface area contributed by atoms with Crippen LogP contribution in [0, 0.1) is 22.7 Å². The number of amides is 1. The van der Waals surface area contributed by atoms with Gasteiger partial charge in [0.1, 0.15) is 6.04 Å². The quantitative estimate of drug-likeness (QED) is 0.819. The molecule has 4 aliphatic rings. The number of rotatable bonds is 5. The topological polar surface area (TPSA) is 66.4 Å². The van der Waals surface area contributed by atoms with E-state index in [-0.39, 0.29) is 11.3 Å². The summed E-state index contributed by atoms with van der Waals surface area (Å²) >= 11 is 0. The summed E-state index contributed by atoms with van der Waals surface area (Å²) < 4.78 is 0. The molecule has 4 rings (SSSR count). The molecule has 3 atom stereocenters. The van der Waals surface area contributed by atoms with Crippen LogP contribution in [0.2, 0.25) is 0 Å². The van der Waals surface area contributed by atoms with Gasteiger partial charge in [-0.15, -0.1) is 0 Å². The van der Waals surface area contributed by atoms with Crippen molar-refractivity contribution in [2.75, 3.05) is 0 Å². The van der Waals surface area contributed by atoms with Crippen LogP contribution in [0.1, 0.15) is 65.2 Å². The number of carbonyl (C=O) groups excluding carboxylic acids is 1. The van der Waals surface area contributed by atoms with Gasteiger partial charge in [0.2, 0.25) is 5.91 Å². The number of hydrogen-bond acceptors (Lipinski definition) is 2. The van der Waals surface area contributed by atoms with Crippen molar-refractivity contribution in [1.29, 1.82) is 0 Å². The van der Waals surface area contributed by atoms with Crippen molar-refractivity contribution in [3.8, 4) is 0 Å². The highest BCUT2D eigenvalue weighted by Crippen LogP contribution is 2.65. The van der Waals surface area contributed by atoms with Crippen LogP contribution in [0.3, 0.4) is 0 Å². The van der Waals surface area contributed by atoms with Crippen molar-refractivity contribution >= 4 is 11.9 Å². The Morgan fingerprint density at radius 2 is 1.86 bits per heavy atom. The predicted molar refractivity (Wildman–Crippen MR) is 79.7 cm³/mol. The van der Waals surface area contributed by atoms with E-state index in [1.807, 2.05) is 6.92 Å². The predicted octanol–water partition coefficient (Wildman–Crippen LogP) is 2.96. The molecule has 4 bridgehead atoms. The molecule has 4 nitrogen and oxygen atoms in total. The Morgan fingerprint density at radius 3 is 2.33 bits per heavy atom. The molecule has 0 aliphatic heterocycles. The molecule has 0 saturated heterocycles. The molecule has 3 unspecified atom stereocenters. The lowest BCUT2D eigenvalue weighted by Gasteiger charge is -2.60. The van der Waals surface area contributed by atoms with Gasteiger partial charge in [0, 0.05) is 0 Å². The van der Waals surface area contributed by atoms with E-state index in [0.717, 1.165) is 25.7 Å². The van der Waals surface area contributed by atoms with Crippen LogP contribution in [-0.4, -0.2) is 23.0 Å². The third-order valence-corrected chi connectivity index (χ3v) is 6.02. The fraction of sp³-hybridized carbons (Fsp3) is 0.882. The summed E-state index contributed by atoms with van der Waals surface area (Å²) in [6.45, 7) is 4.28. The molecular weight excluding hydrogens is 266 g/mol. The van der Waals surface area contributed by atoms with Gasteiger partial charge in [-0.3, -0.25) is 4.79 Å². The lowest BCUT2D eigenvalue weighted by atomic mass is 9.44. The Balaban J connectivity index is 1.76. The maximum absolute atomic E-state index is 12.9. The van der Waals surface area contributed by atoms with Gasteiger partial charge in [0.05, 0.1) is 5.41 Å². The lowest BCUT2D eigenvalue weighted by molar-refractivity contribution is -0.158. The third kappa shape index (κ3) is 2.58. The summed E-state index contributed by atoms with van der Waals surface area (Å²) in [5.41, 5.74) is 0.0329. The van der Waals surface area contributed by atoms with E-state index in [0.29, 0.717) is 23.7 Å². The molecule has 0 aromatic rings. The second kappa shape index (κ2) is 4.99. The molecule has 118 valence electrons. The zero-order chi connectivity index (χ0) is 15.3. The average molecular weight is 293 g/mol. The monoisotopic (exact) mass is 293 g/mol. The second-order valence-electron chi connectivity index (χ2n) is 8.20. The smallest absolute Gasteiger partial charge is 0.326 e. The van der Waals surface area contributed by atoms with Crippen LogP contribution in [0.5, 0.6) is 0 Å². The highest BCUT2D eigenvalue weighted by molar-refractivity contribution is 5.87. The van der Waals surface area contributed by atoms with Gasteiger partial charge in [-0.2, -0.15) is 0 Å². The highest BCUT2D eigenvalue weighted by atomic mass is 16.4. The second-order valence-corrected chi connectivity index (χ2v) is 8.20. The van der Waals surface area contributed by atoms with Crippen LogP contribution in [-0.2, 0) is 9.59 Å². The van der Waals surface area contributed by atoms with E-state index in [9.17, 15) is 14.7 Å². The molecule has 0 heterocycles. The van der Waals surface area contributed by atoms with E-state index < -0.39 is 12.0 Å². The maximum Gasteiger partial charge on any atom is 0.326 e. The first-order valence-corrected chi connectivity index (χ1v) is 8.40. The van der Waals surface area contributed by atoms with Crippen molar-refractivity contribution in [3.05, 3.63) is 0 Å². The number of carboxylic acids is 1. The molecule has 0 aromatic carbocycles. The molecule has 0 aromatic heterocycles. The molecular formula is C17H27NO3. The third-order valence-electron chi connectivity index (χ3n) is 6.02. The van der Waals surface area contributed by atoms with Gasteiger partial charge < -0.3 is 10.4 Å². The minimum atomic E-state index is -0.902. The molecule has 1 amide bonds. The standard InChI is InChI=1S/C17H27NO3/c1-3-4-13(14(19)20)18-15(21)17-8-11-5-12(9-17)7-16(2,6-11)10-17/h11-13H,3-10H2,1-2H3,(H,18,21)(H,19,20). The number of aliphatic carboxylic acids is 1. The summed E-state index contributed by atoms with van der Waals surface area (Å²) in [7, 11) is 0. The fourth-order valence-electron chi connectivity index (χ4n) is 5.84. The molecule has 21 heavy (non-hydrogen) atoms. The molecule has 2 N–H and O–H groups in total. The van der Waals surface area contributed by atoms with Crippen molar-refractivity contribution in [2.45, 2.75) is 71.3 Å². The van der Waals surface area contributed by atoms with E-state index in [1.54, 1.807) is 0 Å². The van der Waals surface area contributed by atoms with Crippen LogP contribution in [0.25, 0.3) is 0 Å². The Bertz CT molecular complexity index is 445. The summed E-state index contributed by atoms with van der Waals surface area (Å²) in [5.74, 6) is 0.470. The number of carbonyl (C=O) groups is 2. The zero-order valence-corrected chi connectivity index (χ0v) is 13.2. The molecule has 4 saturated carbocycles. The maximum atomic E-state index is 12.9. The largest absolute Gasteiger partial charge is 0.480 e. The van der Waals surface area contributed by atoms with E-state index in [1.165, 1.54) is 19.3 Å². The number of carboxylic acid groups (broad SMARTS) is 1. The Morgan fingerprint density at radius 1 is 1.24 bits per heavy atom. The average Bonchev–Trinajstić information content (AvgIpc) is 2.34. The lowest BCUT2D eigenvalue weighted by Crippen LogP contribution is -2.58. The van der Waals surface area contributed by atoms with Gasteiger partial charge in [0.15, 0.2) is 0 Å². The minimum Gasteiger partial charge on any atom is -0.480 e. The first-order chi connectivity index (χ1) is 9.86. The van der Waals surface area contributed by atoms with Crippen LogP contribution in [0.4, 0.5) is 0 Å². The van der Waals surface area contributed by atoms with Crippen molar-refractivity contribution < 1.29 is 14.7 Å². The molecule has 4 aliphatic carbocycles. The first-order valence-electron chi connectivity index (χ1n) is 8.40. The molecule has 4 heteroatoms. The minimum absolute atomic E-state index is 0.0173. The van der Waals surface area contributed by atoms with Crippen molar-refractivity contribution in [3.63, 3.8) is 0 Å². The zero-order valence-electron chi connectivity index (χ0n) is 13.2. The van der Waals surface area contributed by atoms with Gasteiger partial charge >= 0.3 is 5.97 Å². The summed E-state index contributed by atoms with van der Waals surface area (Å²) in [5, 5.41) is 12.1. The van der Waals surface area contributed by atoms with Gasteiger partial charge in [-0.25, -0.2) is 4.79 Å². The van der Waals surface area contributed by atoms with Gasteiger partial charge in [0.25, 0.3) is 0 Å². The molecule has 0 radical (unpaired) electrons. The Kier molecular flexibility index (Phi) is 3.53. The van der Waals surface area contributed by atoms with Crippen molar-refractivity contribution in [2.24, 2.45) is 22.7 Å². The Hall–Kier alpha value is -1.06. The van der Waals surface area contributed by atoms with Crippen LogP contribution < -0.4 is 5.32 Å². The highest BCUT2D eigenvalue weighted by Gasteiger charge is 2.59. The summed E-state index contributed by atoms with van der Waals surface area (Å²) in [6.07, 6.45) is 7.99. The van der Waals surface area contributed by atoms with E-state index in [2.05, 4.69) is 12.2 Å². The SMILES string of the molecule is CCCC(NC(=O)C12CC3CC(CC(C)(C3)C1)C2)C(=O)O. The molecule has 0 spiro atoms. The number of nitrogens with one attached hydrogen (secondary N) is 1. The van der Waals surface area contributed by atoms with E-state index in [4.69, 9.17) is 0 Å². The number of hydrogen-bond donors (Lipinski definition) is 2. The van der Waals surface area contributed by atoms with Crippen LogP contribution in [0.15, 0.2) is 0 Å². The van der Waals surface area contributed by atoms with Crippen molar-refractivity contribution in [1.82, 2.24) is 5.32 Å². The Labute approximate surface area is 126 Å². The van der Waals surface area contributed by atoms with Gasteiger partial charge in [-0.05, 0) is 62.2 Å². The van der Waals surface area contributed by atoms with Gasteiger partial charge in [-0.1, -0.05) is 20.3 Å².